The highest BCUT2D eigenvalue weighted by molar-refractivity contribution is 5.94. The summed E-state index contributed by atoms with van der Waals surface area (Å²) < 4.78 is 24.0. The second-order valence-electron chi connectivity index (χ2n) is 5.77. The number of carbonyl (C=O) groups is 1. The van der Waals surface area contributed by atoms with E-state index in [1.807, 2.05) is 0 Å². The van der Waals surface area contributed by atoms with Gasteiger partial charge in [0.05, 0.1) is 19.8 Å². The lowest BCUT2D eigenvalue weighted by Gasteiger charge is -2.22. The van der Waals surface area contributed by atoms with E-state index in [0.29, 0.717) is 36.8 Å². The first-order valence-electron chi connectivity index (χ1n) is 8.04. The Kier molecular flexibility index (Phi) is 7.45. The second-order valence-corrected chi connectivity index (χ2v) is 5.77. The number of hydrogen-bond acceptors (Lipinski definition) is 4. The van der Waals surface area contributed by atoms with Crippen LogP contribution in [-0.4, -0.2) is 45.9 Å². The molecule has 23 heavy (non-hydrogen) atoms. The highest BCUT2D eigenvalue weighted by atomic mass is 19.1. The van der Waals surface area contributed by atoms with E-state index in [-0.39, 0.29) is 18.3 Å². The SMILES string of the molecule is COCCOCc1cc(C(=O)NCC2CCCNC2)ccc1F. The third kappa shape index (κ3) is 5.89. The van der Waals surface area contributed by atoms with Crippen molar-refractivity contribution < 1.29 is 18.7 Å². The Balaban J connectivity index is 1.86. The molecular formula is C17H25FN2O3. The number of hydrogen-bond donors (Lipinski definition) is 2. The van der Waals surface area contributed by atoms with Gasteiger partial charge in [0.2, 0.25) is 0 Å². The molecule has 1 aromatic carbocycles. The minimum atomic E-state index is -0.365. The van der Waals surface area contributed by atoms with Crippen LogP contribution in [-0.2, 0) is 16.1 Å². The third-order valence-electron chi connectivity index (χ3n) is 3.95. The van der Waals surface area contributed by atoms with Gasteiger partial charge in [-0.2, -0.15) is 0 Å². The van der Waals surface area contributed by atoms with Gasteiger partial charge in [-0.05, 0) is 50.0 Å². The van der Waals surface area contributed by atoms with Gasteiger partial charge in [0.25, 0.3) is 5.91 Å². The van der Waals surface area contributed by atoms with Gasteiger partial charge in [0, 0.05) is 24.8 Å². The Morgan fingerprint density at radius 2 is 2.30 bits per heavy atom. The summed E-state index contributed by atoms with van der Waals surface area (Å²) in [5, 5.41) is 6.25. The van der Waals surface area contributed by atoms with Crippen molar-refractivity contribution in [2.45, 2.75) is 19.4 Å². The first kappa shape index (κ1) is 17.8. The number of nitrogens with one attached hydrogen (secondary N) is 2. The average molecular weight is 324 g/mol. The summed E-state index contributed by atoms with van der Waals surface area (Å²) in [6, 6.07) is 4.37. The summed E-state index contributed by atoms with van der Waals surface area (Å²) in [5.74, 6) is -0.0749. The molecule has 0 bridgehead atoms. The van der Waals surface area contributed by atoms with Crippen LogP contribution in [0.25, 0.3) is 0 Å². The van der Waals surface area contributed by atoms with Gasteiger partial charge in [-0.3, -0.25) is 4.79 Å². The number of rotatable bonds is 8. The monoisotopic (exact) mass is 324 g/mol. The molecule has 1 aliphatic heterocycles. The number of halogens is 1. The maximum absolute atomic E-state index is 13.8. The largest absolute Gasteiger partial charge is 0.382 e. The van der Waals surface area contributed by atoms with Crippen LogP contribution in [0.2, 0.25) is 0 Å². The van der Waals surface area contributed by atoms with Crippen LogP contribution in [0.15, 0.2) is 18.2 Å². The zero-order valence-electron chi connectivity index (χ0n) is 13.6. The quantitative estimate of drug-likeness (QED) is 0.715. The normalized spacial score (nSPS) is 17.9. The summed E-state index contributed by atoms with van der Waals surface area (Å²) in [7, 11) is 1.58. The molecule has 1 aliphatic rings. The van der Waals surface area contributed by atoms with E-state index in [9.17, 15) is 9.18 Å². The van der Waals surface area contributed by atoms with Gasteiger partial charge in [-0.1, -0.05) is 0 Å². The van der Waals surface area contributed by atoms with Crippen LogP contribution >= 0.6 is 0 Å². The first-order valence-corrected chi connectivity index (χ1v) is 8.04. The van der Waals surface area contributed by atoms with Crippen LogP contribution in [0.3, 0.4) is 0 Å². The molecule has 0 aromatic heterocycles. The molecule has 5 nitrogen and oxygen atoms in total. The average Bonchev–Trinajstić information content (AvgIpc) is 2.59. The highest BCUT2D eigenvalue weighted by Crippen LogP contribution is 2.13. The molecule has 0 radical (unpaired) electrons. The molecule has 1 atom stereocenters. The van der Waals surface area contributed by atoms with Crippen LogP contribution in [0.5, 0.6) is 0 Å². The fraction of sp³-hybridized carbons (Fsp3) is 0.588. The summed E-state index contributed by atoms with van der Waals surface area (Å²) in [4.78, 5) is 12.2. The van der Waals surface area contributed by atoms with E-state index in [1.54, 1.807) is 13.2 Å². The molecular weight excluding hydrogens is 299 g/mol. The Hall–Kier alpha value is -1.50. The van der Waals surface area contributed by atoms with Gasteiger partial charge in [0.15, 0.2) is 0 Å². The molecule has 1 fully saturated rings. The molecule has 128 valence electrons. The lowest BCUT2D eigenvalue weighted by Crippen LogP contribution is -2.38. The van der Waals surface area contributed by atoms with E-state index in [1.165, 1.54) is 12.1 Å². The predicted octanol–water partition coefficient (Wildman–Crippen LogP) is 1.72. The molecule has 1 aromatic rings. The van der Waals surface area contributed by atoms with Gasteiger partial charge < -0.3 is 20.1 Å². The lowest BCUT2D eigenvalue weighted by molar-refractivity contribution is 0.0604. The van der Waals surface area contributed by atoms with Gasteiger partial charge in [-0.15, -0.1) is 0 Å². The van der Waals surface area contributed by atoms with Crippen molar-refractivity contribution in [1.82, 2.24) is 10.6 Å². The predicted molar refractivity (Wildman–Crippen MR) is 85.9 cm³/mol. The maximum Gasteiger partial charge on any atom is 0.251 e. The third-order valence-corrected chi connectivity index (χ3v) is 3.95. The number of carbonyl (C=O) groups excluding carboxylic acids is 1. The lowest BCUT2D eigenvalue weighted by atomic mass is 9.99. The molecule has 0 aliphatic carbocycles. The van der Waals surface area contributed by atoms with Crippen molar-refractivity contribution in [2.75, 3.05) is 40.0 Å². The Morgan fingerprint density at radius 3 is 3.04 bits per heavy atom. The number of methoxy groups -OCH3 is 1. The summed E-state index contributed by atoms with van der Waals surface area (Å²) in [6.45, 7) is 3.60. The smallest absolute Gasteiger partial charge is 0.251 e. The Labute approximate surface area is 136 Å². The van der Waals surface area contributed by atoms with Gasteiger partial charge >= 0.3 is 0 Å². The standard InChI is InChI=1S/C17H25FN2O3/c1-22-7-8-23-12-15-9-14(4-5-16(15)18)17(21)20-11-13-3-2-6-19-10-13/h4-5,9,13,19H,2-3,6-8,10-12H2,1H3,(H,20,21). The molecule has 2 N–H and O–H groups in total. The number of benzene rings is 1. The molecule has 1 heterocycles. The highest BCUT2D eigenvalue weighted by Gasteiger charge is 2.15. The zero-order chi connectivity index (χ0) is 16.5. The van der Waals surface area contributed by atoms with Crippen molar-refractivity contribution in [3.63, 3.8) is 0 Å². The summed E-state index contributed by atoms with van der Waals surface area (Å²) in [5.41, 5.74) is 0.841. The molecule has 2 rings (SSSR count). The molecule has 1 amide bonds. The molecule has 6 heteroatoms. The maximum atomic E-state index is 13.8. The van der Waals surface area contributed by atoms with E-state index in [4.69, 9.17) is 9.47 Å². The van der Waals surface area contributed by atoms with E-state index < -0.39 is 0 Å². The fourth-order valence-electron chi connectivity index (χ4n) is 2.59. The molecule has 1 saturated heterocycles. The van der Waals surface area contributed by atoms with Crippen molar-refractivity contribution in [3.8, 4) is 0 Å². The van der Waals surface area contributed by atoms with E-state index >= 15 is 0 Å². The van der Waals surface area contributed by atoms with Crippen molar-refractivity contribution in [2.24, 2.45) is 5.92 Å². The molecule has 0 saturated carbocycles. The second kappa shape index (κ2) is 9.60. The van der Waals surface area contributed by atoms with E-state index in [0.717, 1.165) is 25.9 Å². The minimum absolute atomic E-state index is 0.128. The Bertz CT molecular complexity index is 505. The molecule has 0 spiro atoms. The number of piperidine rings is 1. The zero-order valence-corrected chi connectivity index (χ0v) is 13.6. The summed E-state index contributed by atoms with van der Waals surface area (Å²) in [6.07, 6.45) is 2.26. The Morgan fingerprint density at radius 1 is 1.43 bits per heavy atom. The summed E-state index contributed by atoms with van der Waals surface area (Å²) >= 11 is 0. The van der Waals surface area contributed by atoms with Gasteiger partial charge in [-0.25, -0.2) is 4.39 Å². The fourth-order valence-corrected chi connectivity index (χ4v) is 2.59. The number of ether oxygens (including phenoxy) is 2. The minimum Gasteiger partial charge on any atom is -0.382 e. The number of amides is 1. The van der Waals surface area contributed by atoms with Crippen LogP contribution in [0.4, 0.5) is 4.39 Å². The van der Waals surface area contributed by atoms with Crippen molar-refractivity contribution in [1.29, 1.82) is 0 Å². The van der Waals surface area contributed by atoms with Crippen molar-refractivity contribution in [3.05, 3.63) is 35.1 Å². The van der Waals surface area contributed by atoms with Crippen LogP contribution in [0, 0.1) is 11.7 Å². The first-order chi connectivity index (χ1) is 11.2. The molecule has 1 unspecified atom stereocenters. The topological polar surface area (TPSA) is 59.6 Å². The van der Waals surface area contributed by atoms with E-state index in [2.05, 4.69) is 10.6 Å². The van der Waals surface area contributed by atoms with Crippen LogP contribution in [0.1, 0.15) is 28.8 Å². The van der Waals surface area contributed by atoms with Crippen LogP contribution < -0.4 is 10.6 Å². The van der Waals surface area contributed by atoms with Crippen molar-refractivity contribution >= 4 is 5.91 Å². The van der Waals surface area contributed by atoms with Gasteiger partial charge in [0.1, 0.15) is 5.82 Å².